The van der Waals surface area contributed by atoms with Crippen molar-refractivity contribution >= 4 is 5.78 Å². The molecular formula is C22H33NO2. The van der Waals surface area contributed by atoms with Gasteiger partial charge in [-0.1, -0.05) is 12.5 Å². The van der Waals surface area contributed by atoms with E-state index in [9.17, 15) is 4.79 Å². The van der Waals surface area contributed by atoms with Crippen molar-refractivity contribution in [1.29, 1.82) is 0 Å². The molecule has 2 fully saturated rings. The summed E-state index contributed by atoms with van der Waals surface area (Å²) < 4.78 is 5.60. The van der Waals surface area contributed by atoms with Crippen LogP contribution in [0.4, 0.5) is 0 Å². The molecule has 25 heavy (non-hydrogen) atoms. The third-order valence-electron chi connectivity index (χ3n) is 7.80. The first kappa shape index (κ1) is 17.3. The summed E-state index contributed by atoms with van der Waals surface area (Å²) in [4.78, 5) is 14.9. The number of nitrogens with zero attached hydrogens (tertiary/aromatic N) is 1. The smallest absolute Gasteiger partial charge is 0.139 e. The Morgan fingerprint density at radius 1 is 1.20 bits per heavy atom. The van der Waals surface area contributed by atoms with E-state index in [1.807, 2.05) is 0 Å². The molecular weight excluding hydrogens is 310 g/mol. The predicted molar refractivity (Wildman–Crippen MR) is 100 cm³/mol. The summed E-state index contributed by atoms with van der Waals surface area (Å²) in [6.45, 7) is 3.32. The molecule has 0 aliphatic heterocycles. The number of fused-ring (bicyclic) bond motifs is 5. The molecule has 0 heterocycles. The number of Topliss-reactive ketones (excluding diaryl/α,β-unsaturated/α-hetero) is 1. The van der Waals surface area contributed by atoms with Gasteiger partial charge in [0.2, 0.25) is 0 Å². The van der Waals surface area contributed by atoms with Gasteiger partial charge in [0.15, 0.2) is 0 Å². The highest BCUT2D eigenvalue weighted by molar-refractivity contribution is 5.87. The Hall–Kier alpha value is -1.09. The van der Waals surface area contributed by atoms with E-state index in [2.05, 4.69) is 32.0 Å². The van der Waals surface area contributed by atoms with Gasteiger partial charge in [-0.3, -0.25) is 4.79 Å². The largest absolute Gasteiger partial charge is 0.501 e. The van der Waals surface area contributed by atoms with E-state index in [-0.39, 0.29) is 5.41 Å². The molecule has 0 N–H and O–H groups in total. The van der Waals surface area contributed by atoms with Crippen LogP contribution in [0.25, 0.3) is 0 Å². The van der Waals surface area contributed by atoms with E-state index < -0.39 is 0 Å². The topological polar surface area (TPSA) is 29.5 Å². The van der Waals surface area contributed by atoms with Crippen molar-refractivity contribution < 1.29 is 9.53 Å². The van der Waals surface area contributed by atoms with Crippen LogP contribution in [0.1, 0.15) is 51.9 Å². The molecule has 4 aliphatic carbocycles. The number of allylic oxidation sites excluding steroid dienone is 3. The summed E-state index contributed by atoms with van der Waals surface area (Å²) in [5.41, 5.74) is 3.16. The lowest BCUT2D eigenvalue weighted by Gasteiger charge is -2.52. The highest BCUT2D eigenvalue weighted by Crippen LogP contribution is 2.60. The summed E-state index contributed by atoms with van der Waals surface area (Å²) in [5, 5.41) is 0. The van der Waals surface area contributed by atoms with Gasteiger partial charge in [0, 0.05) is 24.8 Å². The number of hydrogen-bond donors (Lipinski definition) is 0. The fourth-order valence-corrected chi connectivity index (χ4v) is 6.60. The minimum Gasteiger partial charge on any atom is -0.501 e. The van der Waals surface area contributed by atoms with Crippen LogP contribution in [0.2, 0.25) is 0 Å². The molecule has 0 aromatic heterocycles. The minimum atomic E-state index is -0.0237. The maximum absolute atomic E-state index is 12.6. The second kappa shape index (κ2) is 6.26. The number of ether oxygens (including phenoxy) is 1. The molecule has 0 aromatic carbocycles. The van der Waals surface area contributed by atoms with Crippen LogP contribution in [-0.4, -0.2) is 38.4 Å². The Balaban J connectivity index is 1.72. The number of ketones is 1. The molecule has 2 saturated carbocycles. The van der Waals surface area contributed by atoms with Crippen molar-refractivity contribution in [2.75, 3.05) is 27.7 Å². The lowest BCUT2D eigenvalue weighted by Crippen LogP contribution is -2.47. The molecule has 5 atom stereocenters. The molecule has 4 aliphatic rings. The van der Waals surface area contributed by atoms with E-state index in [1.54, 1.807) is 18.3 Å². The lowest BCUT2D eigenvalue weighted by atomic mass is 9.52. The van der Waals surface area contributed by atoms with Gasteiger partial charge in [-0.05, 0) is 81.5 Å². The standard InChI is InChI=1S/C22H33NO2/c1-22-10-9-17-16-6-5-15(25-4)12-18(16)14(13-23(2)3)11-19(17)20(22)7-8-21(22)24/h12,16-17,19-20H,5-11,13H2,1-4H3/t16-,17-,19-,20+,22+/m1/s1. The third kappa shape index (κ3) is 2.70. The maximum Gasteiger partial charge on any atom is 0.139 e. The Labute approximate surface area is 152 Å². The Morgan fingerprint density at radius 2 is 2.00 bits per heavy atom. The average Bonchev–Trinajstić information content (AvgIpc) is 2.89. The molecule has 3 nitrogen and oxygen atoms in total. The molecule has 3 heteroatoms. The van der Waals surface area contributed by atoms with Gasteiger partial charge in [0.1, 0.15) is 5.78 Å². The quantitative estimate of drug-likeness (QED) is 0.769. The van der Waals surface area contributed by atoms with Crippen LogP contribution in [0.3, 0.4) is 0 Å². The second-order valence-corrected chi connectivity index (χ2v) is 9.31. The predicted octanol–water partition coefficient (Wildman–Crippen LogP) is 4.20. The van der Waals surface area contributed by atoms with Crippen LogP contribution in [-0.2, 0) is 9.53 Å². The summed E-state index contributed by atoms with van der Waals surface area (Å²) in [7, 11) is 6.14. The van der Waals surface area contributed by atoms with Crippen molar-refractivity contribution in [2.24, 2.45) is 29.1 Å². The van der Waals surface area contributed by atoms with Crippen LogP contribution in [0.5, 0.6) is 0 Å². The average molecular weight is 344 g/mol. The molecule has 0 bridgehead atoms. The Bertz CT molecular complexity index is 632. The van der Waals surface area contributed by atoms with Crippen LogP contribution in [0.15, 0.2) is 23.0 Å². The van der Waals surface area contributed by atoms with E-state index in [4.69, 9.17) is 4.74 Å². The number of carbonyl (C=O) groups excluding carboxylic acids is 1. The summed E-state index contributed by atoms with van der Waals surface area (Å²) in [6, 6.07) is 0. The van der Waals surface area contributed by atoms with E-state index in [0.717, 1.165) is 43.9 Å². The lowest BCUT2D eigenvalue weighted by molar-refractivity contribution is -0.130. The molecule has 0 saturated heterocycles. The second-order valence-electron chi connectivity index (χ2n) is 9.31. The van der Waals surface area contributed by atoms with Crippen molar-refractivity contribution in [2.45, 2.75) is 51.9 Å². The van der Waals surface area contributed by atoms with E-state index in [1.165, 1.54) is 19.3 Å². The van der Waals surface area contributed by atoms with Gasteiger partial charge in [-0.25, -0.2) is 0 Å². The molecule has 0 aromatic rings. The molecule has 0 radical (unpaired) electrons. The third-order valence-corrected chi connectivity index (χ3v) is 7.80. The SMILES string of the molecule is COC1=CC2=C(CN(C)C)C[C@@H]3[C@H](CC[C@]4(C)C(=O)CC[C@@H]34)[C@H]2CC1. The zero-order chi connectivity index (χ0) is 17.8. The number of hydrogen-bond acceptors (Lipinski definition) is 3. The van der Waals surface area contributed by atoms with Gasteiger partial charge in [-0.2, -0.15) is 0 Å². The summed E-state index contributed by atoms with van der Waals surface area (Å²) in [5.74, 6) is 4.49. The summed E-state index contributed by atoms with van der Waals surface area (Å²) in [6.07, 6.45) is 10.2. The number of carbonyl (C=O) groups is 1. The Morgan fingerprint density at radius 3 is 2.72 bits per heavy atom. The monoisotopic (exact) mass is 343 g/mol. The highest BCUT2D eigenvalue weighted by atomic mass is 16.5. The van der Waals surface area contributed by atoms with Crippen LogP contribution >= 0.6 is 0 Å². The first-order valence-electron chi connectivity index (χ1n) is 10.1. The molecule has 0 spiro atoms. The number of methoxy groups -OCH3 is 1. The fraction of sp³-hybridized carbons (Fsp3) is 0.773. The van der Waals surface area contributed by atoms with Crippen LogP contribution in [0, 0.1) is 29.1 Å². The Kier molecular flexibility index (Phi) is 4.34. The van der Waals surface area contributed by atoms with Crippen molar-refractivity contribution in [3.05, 3.63) is 23.0 Å². The van der Waals surface area contributed by atoms with E-state index >= 15 is 0 Å². The van der Waals surface area contributed by atoms with Gasteiger partial charge < -0.3 is 9.64 Å². The van der Waals surface area contributed by atoms with Gasteiger partial charge in [0.05, 0.1) is 12.9 Å². The van der Waals surface area contributed by atoms with Gasteiger partial charge >= 0.3 is 0 Å². The number of likely N-dealkylation sites (N-methyl/N-ethyl adjacent to an activating group) is 1. The van der Waals surface area contributed by atoms with Crippen molar-refractivity contribution in [3.8, 4) is 0 Å². The number of rotatable bonds is 3. The highest BCUT2D eigenvalue weighted by Gasteiger charge is 2.56. The zero-order valence-corrected chi connectivity index (χ0v) is 16.3. The first-order chi connectivity index (χ1) is 11.9. The van der Waals surface area contributed by atoms with Crippen molar-refractivity contribution in [1.82, 2.24) is 4.90 Å². The first-order valence-corrected chi connectivity index (χ1v) is 10.1. The summed E-state index contributed by atoms with van der Waals surface area (Å²) >= 11 is 0. The van der Waals surface area contributed by atoms with E-state index in [0.29, 0.717) is 23.5 Å². The zero-order valence-electron chi connectivity index (χ0n) is 16.3. The normalized spacial score (nSPS) is 40.5. The molecule has 0 amide bonds. The van der Waals surface area contributed by atoms with Gasteiger partial charge in [0.25, 0.3) is 0 Å². The molecule has 0 unspecified atom stereocenters. The molecule has 138 valence electrons. The maximum atomic E-state index is 12.6. The van der Waals surface area contributed by atoms with Crippen molar-refractivity contribution in [3.63, 3.8) is 0 Å². The minimum absolute atomic E-state index is 0.0237. The van der Waals surface area contributed by atoms with Crippen LogP contribution < -0.4 is 0 Å². The van der Waals surface area contributed by atoms with Gasteiger partial charge in [-0.15, -0.1) is 0 Å². The molecule has 4 rings (SSSR count). The fourth-order valence-electron chi connectivity index (χ4n) is 6.60.